The van der Waals surface area contributed by atoms with Crippen LogP contribution in [-0.4, -0.2) is 22.2 Å². The second kappa shape index (κ2) is 5.62. The van der Waals surface area contributed by atoms with Crippen LogP contribution in [0.3, 0.4) is 0 Å². The van der Waals surface area contributed by atoms with Gasteiger partial charge >= 0.3 is 11.9 Å². The smallest absolute Gasteiger partial charge is 0.320 e. The van der Waals surface area contributed by atoms with Crippen LogP contribution in [0.1, 0.15) is 24.5 Å². The molecule has 0 bridgehead atoms. The van der Waals surface area contributed by atoms with Gasteiger partial charge in [0.1, 0.15) is 6.67 Å². The van der Waals surface area contributed by atoms with E-state index in [1.54, 1.807) is 24.3 Å². The van der Waals surface area contributed by atoms with E-state index in [1.165, 1.54) is 6.92 Å². The van der Waals surface area contributed by atoms with Crippen molar-refractivity contribution in [1.29, 1.82) is 0 Å². The summed E-state index contributed by atoms with van der Waals surface area (Å²) >= 11 is 0. The Hall–Kier alpha value is -1.91. The number of rotatable bonds is 6. The Balaban J connectivity index is 2.73. The highest BCUT2D eigenvalue weighted by Gasteiger charge is 2.40. The molecule has 2 N–H and O–H groups in total. The quantitative estimate of drug-likeness (QED) is 0.762. The number of aryl methyl sites for hydroxylation is 1. The van der Waals surface area contributed by atoms with Gasteiger partial charge in [0.15, 0.2) is 5.41 Å². The first kappa shape index (κ1) is 14.2. The van der Waals surface area contributed by atoms with Crippen LogP contribution in [0.2, 0.25) is 0 Å². The number of benzene rings is 1. The van der Waals surface area contributed by atoms with E-state index >= 15 is 0 Å². The molecule has 0 amide bonds. The van der Waals surface area contributed by atoms with Gasteiger partial charge < -0.3 is 10.2 Å². The number of aliphatic carboxylic acids is 2. The lowest BCUT2D eigenvalue weighted by Crippen LogP contribution is -2.36. The minimum absolute atomic E-state index is 0.00730. The average Bonchev–Trinajstić information content (AvgIpc) is 2.36. The van der Waals surface area contributed by atoms with E-state index in [9.17, 15) is 14.0 Å². The standard InChI is InChI=1S/C13H15FO4/c1-13(11(15)16,12(17)18)7-6-9-2-4-10(8-14)5-3-9/h2-5H,6-8H2,1H3,(H,15,16)(H,17,18)/i14-1. The lowest BCUT2D eigenvalue weighted by molar-refractivity contribution is -0.163. The largest absolute Gasteiger partial charge is 0.480 e. The molecule has 0 atom stereocenters. The van der Waals surface area contributed by atoms with Crippen LogP contribution in [0.15, 0.2) is 24.3 Å². The van der Waals surface area contributed by atoms with Crippen molar-refractivity contribution in [2.75, 3.05) is 0 Å². The van der Waals surface area contributed by atoms with Gasteiger partial charge in [-0.2, -0.15) is 0 Å². The van der Waals surface area contributed by atoms with E-state index in [0.717, 1.165) is 5.56 Å². The Labute approximate surface area is 104 Å². The maximum absolute atomic E-state index is 12.3. The zero-order valence-corrected chi connectivity index (χ0v) is 10.0. The molecule has 4 nitrogen and oxygen atoms in total. The highest BCUT2D eigenvalue weighted by Crippen LogP contribution is 2.24. The second-order valence-electron chi connectivity index (χ2n) is 4.39. The fourth-order valence-electron chi connectivity index (χ4n) is 1.49. The molecule has 0 radical (unpaired) electrons. The molecule has 0 aliphatic heterocycles. The van der Waals surface area contributed by atoms with Crippen molar-refractivity contribution < 1.29 is 24.2 Å². The van der Waals surface area contributed by atoms with Gasteiger partial charge in [0.25, 0.3) is 0 Å². The van der Waals surface area contributed by atoms with E-state index in [0.29, 0.717) is 12.0 Å². The third-order valence-corrected chi connectivity index (χ3v) is 3.03. The SMILES string of the molecule is CC(CCc1ccc(C[18F])cc1)(C(=O)O)C(=O)O. The molecular formula is C13H15FO4. The van der Waals surface area contributed by atoms with Crippen molar-refractivity contribution in [2.24, 2.45) is 5.41 Å². The molecule has 0 aliphatic rings. The molecule has 1 aromatic rings. The molecule has 0 unspecified atom stereocenters. The van der Waals surface area contributed by atoms with Crippen molar-refractivity contribution in [3.05, 3.63) is 35.4 Å². The Morgan fingerprint density at radius 2 is 1.56 bits per heavy atom. The number of halogens is 1. The van der Waals surface area contributed by atoms with Crippen LogP contribution in [0.5, 0.6) is 0 Å². The highest BCUT2D eigenvalue weighted by atomic mass is 18.2. The summed E-state index contributed by atoms with van der Waals surface area (Å²) in [4.78, 5) is 21.9. The minimum Gasteiger partial charge on any atom is -0.480 e. The summed E-state index contributed by atoms with van der Waals surface area (Å²) in [6.45, 7) is 0.635. The topological polar surface area (TPSA) is 74.6 Å². The first-order valence-corrected chi connectivity index (χ1v) is 5.50. The molecule has 0 aliphatic carbocycles. The van der Waals surface area contributed by atoms with E-state index in [1.807, 2.05) is 0 Å². The molecule has 0 spiro atoms. The summed E-state index contributed by atoms with van der Waals surface area (Å²) < 4.78 is 12.3. The molecular weight excluding hydrogens is 238 g/mol. The van der Waals surface area contributed by atoms with Crippen molar-refractivity contribution in [2.45, 2.75) is 26.4 Å². The number of hydrogen-bond donors (Lipinski definition) is 2. The van der Waals surface area contributed by atoms with Crippen LogP contribution >= 0.6 is 0 Å². The lowest BCUT2D eigenvalue weighted by Gasteiger charge is -2.19. The molecule has 1 aromatic carbocycles. The molecule has 0 saturated carbocycles. The van der Waals surface area contributed by atoms with E-state index in [-0.39, 0.29) is 6.42 Å². The van der Waals surface area contributed by atoms with Gasteiger partial charge in [-0.15, -0.1) is 0 Å². The Morgan fingerprint density at radius 1 is 1.11 bits per heavy atom. The first-order valence-electron chi connectivity index (χ1n) is 5.50. The molecule has 18 heavy (non-hydrogen) atoms. The van der Waals surface area contributed by atoms with E-state index in [4.69, 9.17) is 10.2 Å². The molecule has 0 fully saturated rings. The number of alkyl halides is 1. The Bertz CT molecular complexity index is 425. The van der Waals surface area contributed by atoms with Gasteiger partial charge in [0, 0.05) is 0 Å². The van der Waals surface area contributed by atoms with E-state index in [2.05, 4.69) is 0 Å². The highest BCUT2D eigenvalue weighted by molar-refractivity contribution is 5.97. The van der Waals surface area contributed by atoms with Gasteiger partial charge in [-0.3, -0.25) is 9.59 Å². The number of hydrogen-bond acceptors (Lipinski definition) is 2. The summed E-state index contributed by atoms with van der Waals surface area (Å²) in [5.41, 5.74) is -0.461. The fraction of sp³-hybridized carbons (Fsp3) is 0.385. The zero-order valence-electron chi connectivity index (χ0n) is 10.0. The fourth-order valence-corrected chi connectivity index (χ4v) is 1.49. The molecule has 0 saturated heterocycles. The van der Waals surface area contributed by atoms with Crippen LogP contribution in [0, 0.1) is 5.41 Å². The molecule has 98 valence electrons. The lowest BCUT2D eigenvalue weighted by atomic mass is 9.84. The normalized spacial score (nSPS) is 11.2. The van der Waals surface area contributed by atoms with Gasteiger partial charge in [-0.25, -0.2) is 4.39 Å². The third kappa shape index (κ3) is 3.06. The summed E-state index contributed by atoms with van der Waals surface area (Å²) in [5.74, 6) is -2.70. The van der Waals surface area contributed by atoms with Crippen molar-refractivity contribution in [3.8, 4) is 0 Å². The van der Waals surface area contributed by atoms with Crippen molar-refractivity contribution >= 4 is 11.9 Å². The van der Waals surface area contributed by atoms with Crippen molar-refractivity contribution in [3.63, 3.8) is 0 Å². The van der Waals surface area contributed by atoms with E-state index < -0.39 is 24.0 Å². The summed E-state index contributed by atoms with van der Waals surface area (Å²) in [6.07, 6.45) is 0.314. The minimum atomic E-state index is -1.79. The zero-order chi connectivity index (χ0) is 13.8. The maximum atomic E-state index is 12.3. The Morgan fingerprint density at radius 3 is 1.94 bits per heavy atom. The van der Waals surface area contributed by atoms with Crippen LogP contribution in [-0.2, 0) is 22.7 Å². The molecule has 1 rings (SSSR count). The Kier molecular flexibility index (Phi) is 4.42. The summed E-state index contributed by atoms with van der Waals surface area (Å²) in [6, 6.07) is 6.57. The van der Waals surface area contributed by atoms with Gasteiger partial charge in [-0.1, -0.05) is 24.3 Å². The molecule has 0 heterocycles. The average molecular weight is 253 g/mol. The van der Waals surface area contributed by atoms with Crippen molar-refractivity contribution in [1.82, 2.24) is 0 Å². The number of carbonyl (C=O) groups is 2. The summed E-state index contributed by atoms with van der Waals surface area (Å²) in [7, 11) is 0. The summed E-state index contributed by atoms with van der Waals surface area (Å²) in [5, 5.41) is 17.9. The van der Waals surface area contributed by atoms with Crippen LogP contribution < -0.4 is 0 Å². The third-order valence-electron chi connectivity index (χ3n) is 3.03. The maximum Gasteiger partial charge on any atom is 0.320 e. The number of carboxylic acid groups (broad SMARTS) is 2. The predicted molar refractivity (Wildman–Crippen MR) is 63.0 cm³/mol. The van der Waals surface area contributed by atoms with Crippen LogP contribution in [0.4, 0.5) is 4.39 Å². The van der Waals surface area contributed by atoms with Gasteiger partial charge in [0.2, 0.25) is 0 Å². The van der Waals surface area contributed by atoms with Crippen LogP contribution in [0.25, 0.3) is 0 Å². The monoisotopic (exact) mass is 253 g/mol. The predicted octanol–water partition coefficient (Wildman–Crippen LogP) is 2.26. The molecule has 0 aromatic heterocycles. The van der Waals surface area contributed by atoms with Gasteiger partial charge in [0.05, 0.1) is 0 Å². The van der Waals surface area contributed by atoms with Gasteiger partial charge in [-0.05, 0) is 30.9 Å². The molecule has 5 heteroatoms. The number of carboxylic acids is 2. The second-order valence-corrected chi connectivity index (χ2v) is 4.39. The first-order chi connectivity index (χ1) is 8.40.